The van der Waals surface area contributed by atoms with Crippen LogP contribution in [-0.2, 0) is 4.79 Å². The Morgan fingerprint density at radius 3 is 2.75 bits per heavy atom. The van der Waals surface area contributed by atoms with E-state index in [4.69, 9.17) is 9.84 Å². The minimum atomic E-state index is -0.930. The molecule has 0 fully saturated rings. The molecule has 0 saturated carbocycles. The van der Waals surface area contributed by atoms with Gasteiger partial charge >= 0.3 is 5.97 Å². The second-order valence-electron chi connectivity index (χ2n) is 2.85. The molecule has 6 heteroatoms. The molecule has 0 aliphatic rings. The normalized spacial score (nSPS) is 9.31. The monoisotopic (exact) mass is 249 g/mol. The molecule has 2 N–H and O–H groups in total. The summed E-state index contributed by atoms with van der Waals surface area (Å²) < 4.78 is 18.1. The van der Waals surface area contributed by atoms with Crippen molar-refractivity contribution >= 4 is 18.4 Å². The van der Waals surface area contributed by atoms with E-state index in [0.717, 1.165) is 0 Å². The van der Waals surface area contributed by atoms with E-state index >= 15 is 0 Å². The van der Waals surface area contributed by atoms with Crippen LogP contribution in [0.2, 0.25) is 0 Å². The summed E-state index contributed by atoms with van der Waals surface area (Å²) in [6.07, 6.45) is 0. The minimum Gasteiger partial charge on any atom is -0.489 e. The van der Waals surface area contributed by atoms with Crippen LogP contribution < -0.4 is 10.1 Å². The molecule has 0 spiro atoms. The Morgan fingerprint density at radius 1 is 1.44 bits per heavy atom. The van der Waals surface area contributed by atoms with E-state index in [1.165, 1.54) is 12.1 Å². The summed E-state index contributed by atoms with van der Waals surface area (Å²) in [6.45, 7) is 0.468. The molecule has 0 aromatic heterocycles. The van der Waals surface area contributed by atoms with E-state index in [9.17, 15) is 9.18 Å². The lowest BCUT2D eigenvalue weighted by Crippen LogP contribution is -2.27. The van der Waals surface area contributed by atoms with Gasteiger partial charge in [-0.25, -0.2) is 4.39 Å². The van der Waals surface area contributed by atoms with Gasteiger partial charge in [0, 0.05) is 6.54 Å². The van der Waals surface area contributed by atoms with Crippen LogP contribution in [0.3, 0.4) is 0 Å². The van der Waals surface area contributed by atoms with Crippen molar-refractivity contribution in [3.8, 4) is 5.75 Å². The fourth-order valence-corrected chi connectivity index (χ4v) is 0.990. The molecule has 1 aromatic carbocycles. The Labute approximate surface area is 98.8 Å². The molecule has 0 heterocycles. The third-order valence-corrected chi connectivity index (χ3v) is 1.65. The second kappa shape index (κ2) is 7.90. The number of rotatable bonds is 6. The number of benzene rings is 1. The molecule has 0 atom stereocenters. The maximum Gasteiger partial charge on any atom is 0.317 e. The number of carboxylic acids is 1. The van der Waals surface area contributed by atoms with Gasteiger partial charge in [0.25, 0.3) is 0 Å². The van der Waals surface area contributed by atoms with Crippen molar-refractivity contribution in [3.05, 3.63) is 30.1 Å². The molecule has 0 aliphatic carbocycles. The van der Waals surface area contributed by atoms with Gasteiger partial charge in [0.05, 0.1) is 6.54 Å². The Hall–Kier alpha value is -1.33. The summed E-state index contributed by atoms with van der Waals surface area (Å²) in [5.41, 5.74) is 0. The van der Waals surface area contributed by atoms with E-state index < -0.39 is 11.8 Å². The van der Waals surface area contributed by atoms with Crippen LogP contribution in [0.4, 0.5) is 4.39 Å². The van der Waals surface area contributed by atoms with Gasteiger partial charge in [-0.05, 0) is 12.1 Å². The number of ether oxygens (including phenoxy) is 1. The molecule has 4 nitrogen and oxygen atoms in total. The van der Waals surface area contributed by atoms with Crippen LogP contribution in [0.15, 0.2) is 24.3 Å². The van der Waals surface area contributed by atoms with Crippen molar-refractivity contribution in [3.63, 3.8) is 0 Å². The highest BCUT2D eigenvalue weighted by molar-refractivity contribution is 5.85. The third-order valence-electron chi connectivity index (χ3n) is 1.65. The highest BCUT2D eigenvalue weighted by atomic mass is 35.5. The molecule has 90 valence electrons. The number of carbonyl (C=O) groups is 1. The lowest BCUT2D eigenvalue weighted by molar-refractivity contribution is -0.135. The molecule has 0 unspecified atom stereocenters. The highest BCUT2D eigenvalue weighted by Crippen LogP contribution is 2.14. The van der Waals surface area contributed by atoms with Crippen molar-refractivity contribution in [1.29, 1.82) is 0 Å². The maximum absolute atomic E-state index is 13.0. The van der Waals surface area contributed by atoms with E-state index in [-0.39, 0.29) is 31.3 Å². The largest absolute Gasteiger partial charge is 0.489 e. The van der Waals surface area contributed by atoms with Crippen molar-refractivity contribution < 1.29 is 19.0 Å². The first kappa shape index (κ1) is 14.7. The quantitative estimate of drug-likeness (QED) is 0.746. The fourth-order valence-electron chi connectivity index (χ4n) is 0.990. The molecule has 0 aliphatic heterocycles. The lowest BCUT2D eigenvalue weighted by atomic mass is 10.3. The van der Waals surface area contributed by atoms with Gasteiger partial charge < -0.3 is 15.2 Å². The van der Waals surface area contributed by atoms with Crippen LogP contribution in [0, 0.1) is 5.82 Å². The van der Waals surface area contributed by atoms with Gasteiger partial charge in [-0.15, -0.1) is 12.4 Å². The first-order valence-corrected chi connectivity index (χ1v) is 4.50. The lowest BCUT2D eigenvalue weighted by Gasteiger charge is -2.06. The average molecular weight is 250 g/mol. The zero-order valence-corrected chi connectivity index (χ0v) is 9.30. The first-order chi connectivity index (χ1) is 7.20. The van der Waals surface area contributed by atoms with Crippen LogP contribution >= 0.6 is 12.4 Å². The number of hydrogen-bond acceptors (Lipinski definition) is 3. The molecule has 16 heavy (non-hydrogen) atoms. The molecule has 1 rings (SSSR count). The first-order valence-electron chi connectivity index (χ1n) is 4.50. The number of para-hydroxylation sites is 1. The summed E-state index contributed by atoms with van der Waals surface area (Å²) in [7, 11) is 0. The van der Waals surface area contributed by atoms with E-state index in [2.05, 4.69) is 5.32 Å². The summed E-state index contributed by atoms with van der Waals surface area (Å²) >= 11 is 0. The predicted molar refractivity (Wildman–Crippen MR) is 59.6 cm³/mol. The van der Waals surface area contributed by atoms with Crippen LogP contribution in [-0.4, -0.2) is 30.8 Å². The van der Waals surface area contributed by atoms with Crippen molar-refractivity contribution in [1.82, 2.24) is 5.32 Å². The van der Waals surface area contributed by atoms with E-state index in [1.54, 1.807) is 12.1 Å². The molecule has 0 amide bonds. The molecule has 0 bridgehead atoms. The summed E-state index contributed by atoms with van der Waals surface area (Å²) in [5.74, 6) is -1.17. The summed E-state index contributed by atoms with van der Waals surface area (Å²) in [5, 5.41) is 10.9. The molecule has 0 radical (unpaired) electrons. The third kappa shape index (κ3) is 5.53. The number of hydrogen-bond donors (Lipinski definition) is 2. The second-order valence-corrected chi connectivity index (χ2v) is 2.85. The van der Waals surface area contributed by atoms with Crippen molar-refractivity contribution in [2.75, 3.05) is 19.7 Å². The standard InChI is InChI=1S/C10H12FNO3.ClH/c11-8-3-1-2-4-9(8)15-6-5-12-7-10(13)14;/h1-4,12H,5-7H2,(H,13,14);1H. The average Bonchev–Trinajstić information content (AvgIpc) is 2.20. The van der Waals surface area contributed by atoms with E-state index in [1.807, 2.05) is 0 Å². The Kier molecular flexibility index (Phi) is 7.24. The van der Waals surface area contributed by atoms with E-state index in [0.29, 0.717) is 6.54 Å². The number of halogens is 2. The highest BCUT2D eigenvalue weighted by Gasteiger charge is 2.00. The number of nitrogens with one attached hydrogen (secondary N) is 1. The molecular weight excluding hydrogens is 237 g/mol. The molecule has 1 aromatic rings. The number of aliphatic carboxylic acids is 1. The Balaban J connectivity index is 0.00000225. The zero-order chi connectivity index (χ0) is 11.1. The zero-order valence-electron chi connectivity index (χ0n) is 8.48. The minimum absolute atomic E-state index is 0. The van der Waals surface area contributed by atoms with Crippen molar-refractivity contribution in [2.45, 2.75) is 0 Å². The maximum atomic E-state index is 13.0. The summed E-state index contributed by atoms with van der Waals surface area (Å²) in [4.78, 5) is 10.1. The van der Waals surface area contributed by atoms with Gasteiger partial charge in [0.1, 0.15) is 6.61 Å². The predicted octanol–water partition coefficient (Wildman–Crippen LogP) is 1.30. The van der Waals surface area contributed by atoms with Crippen LogP contribution in [0.5, 0.6) is 5.75 Å². The SMILES string of the molecule is Cl.O=C(O)CNCCOc1ccccc1F. The topological polar surface area (TPSA) is 58.6 Å². The van der Waals surface area contributed by atoms with Crippen LogP contribution in [0.1, 0.15) is 0 Å². The fraction of sp³-hybridized carbons (Fsp3) is 0.300. The molecular formula is C10H13ClFNO3. The number of carboxylic acid groups (broad SMARTS) is 1. The van der Waals surface area contributed by atoms with Crippen molar-refractivity contribution in [2.24, 2.45) is 0 Å². The van der Waals surface area contributed by atoms with Gasteiger partial charge in [0.2, 0.25) is 0 Å². The van der Waals surface area contributed by atoms with Gasteiger partial charge in [-0.1, -0.05) is 12.1 Å². The van der Waals surface area contributed by atoms with Crippen LogP contribution in [0.25, 0.3) is 0 Å². The Morgan fingerprint density at radius 2 is 2.12 bits per heavy atom. The van der Waals surface area contributed by atoms with Gasteiger partial charge in [-0.3, -0.25) is 4.79 Å². The summed E-state index contributed by atoms with van der Waals surface area (Å²) in [6, 6.07) is 6.07. The van der Waals surface area contributed by atoms with Gasteiger partial charge in [-0.2, -0.15) is 0 Å². The Bertz CT molecular complexity index is 336. The smallest absolute Gasteiger partial charge is 0.317 e. The molecule has 0 saturated heterocycles. The van der Waals surface area contributed by atoms with Gasteiger partial charge in [0.15, 0.2) is 11.6 Å².